The molecular weight excluding hydrogens is 278 g/mol. The van der Waals surface area contributed by atoms with Crippen LogP contribution in [0.15, 0.2) is 24.5 Å². The van der Waals surface area contributed by atoms with Crippen molar-refractivity contribution in [3.8, 4) is 5.75 Å². The molecule has 2 rings (SSSR count). The van der Waals surface area contributed by atoms with Gasteiger partial charge < -0.3 is 10.1 Å². The van der Waals surface area contributed by atoms with E-state index in [1.165, 1.54) is 31.6 Å². The molecule has 110 valence electrons. The van der Waals surface area contributed by atoms with E-state index in [4.69, 9.17) is 4.74 Å². The molecule has 0 radical (unpaired) electrons. The average molecular weight is 291 g/mol. The lowest BCUT2D eigenvalue weighted by molar-refractivity contribution is -0.385. The van der Waals surface area contributed by atoms with E-state index in [9.17, 15) is 14.9 Å². The number of methoxy groups -OCH3 is 1. The van der Waals surface area contributed by atoms with Crippen LogP contribution >= 0.6 is 0 Å². The number of para-hydroxylation sites is 1. The Morgan fingerprint density at radius 3 is 2.86 bits per heavy atom. The number of nitrogens with zero attached hydrogens (tertiary/aromatic N) is 3. The van der Waals surface area contributed by atoms with Gasteiger partial charge in [-0.15, -0.1) is 0 Å². The monoisotopic (exact) mass is 291 g/mol. The number of nitro groups is 1. The van der Waals surface area contributed by atoms with E-state index in [1.54, 1.807) is 6.92 Å². The summed E-state index contributed by atoms with van der Waals surface area (Å²) in [4.78, 5) is 26.5. The van der Waals surface area contributed by atoms with Gasteiger partial charge in [0.05, 0.1) is 23.6 Å². The highest BCUT2D eigenvalue weighted by molar-refractivity contribution is 5.98. The van der Waals surface area contributed by atoms with E-state index in [2.05, 4.69) is 20.5 Å². The molecule has 9 heteroatoms. The van der Waals surface area contributed by atoms with Crippen LogP contribution in [-0.4, -0.2) is 33.1 Å². The fraction of sp³-hybridized carbons (Fsp3) is 0.250. The number of benzene rings is 1. The van der Waals surface area contributed by atoms with Gasteiger partial charge in [-0.1, -0.05) is 6.07 Å². The highest BCUT2D eigenvalue weighted by atomic mass is 16.6. The second-order valence-electron chi connectivity index (χ2n) is 4.18. The number of nitro benzene ring substituents is 1. The Hall–Kier alpha value is -2.97. The van der Waals surface area contributed by atoms with Crippen LogP contribution in [0, 0.1) is 10.1 Å². The van der Waals surface area contributed by atoms with Crippen LogP contribution in [0.25, 0.3) is 0 Å². The third-order valence-corrected chi connectivity index (χ3v) is 2.83. The number of aromatic nitrogens is 3. The number of hydrogen-bond acceptors (Lipinski definition) is 6. The summed E-state index contributed by atoms with van der Waals surface area (Å²) in [6, 6.07) is 3.72. The largest absolute Gasteiger partial charge is 0.490 e. The molecule has 0 spiro atoms. The Labute approximate surface area is 119 Å². The van der Waals surface area contributed by atoms with Crippen molar-refractivity contribution in [1.82, 2.24) is 20.5 Å². The molecule has 0 aliphatic heterocycles. The van der Waals surface area contributed by atoms with Crippen LogP contribution in [-0.2, 0) is 0 Å². The van der Waals surface area contributed by atoms with E-state index in [0.717, 1.165) is 0 Å². The molecule has 21 heavy (non-hydrogen) atoms. The van der Waals surface area contributed by atoms with Crippen molar-refractivity contribution < 1.29 is 14.5 Å². The summed E-state index contributed by atoms with van der Waals surface area (Å²) >= 11 is 0. The molecule has 9 nitrogen and oxygen atoms in total. The van der Waals surface area contributed by atoms with Gasteiger partial charge >= 0.3 is 5.69 Å². The molecular formula is C12H13N5O4. The molecule has 0 saturated heterocycles. The molecule has 1 heterocycles. The van der Waals surface area contributed by atoms with Gasteiger partial charge in [-0.25, -0.2) is 4.98 Å². The van der Waals surface area contributed by atoms with E-state index in [1.807, 2.05) is 0 Å². The van der Waals surface area contributed by atoms with Crippen molar-refractivity contribution in [2.45, 2.75) is 13.0 Å². The Balaban J connectivity index is 2.27. The number of hydrogen-bond donors (Lipinski definition) is 2. The van der Waals surface area contributed by atoms with Crippen LogP contribution < -0.4 is 10.1 Å². The summed E-state index contributed by atoms with van der Waals surface area (Å²) in [7, 11) is 1.28. The van der Waals surface area contributed by atoms with Gasteiger partial charge in [0, 0.05) is 6.07 Å². The van der Waals surface area contributed by atoms with Gasteiger partial charge in [0.25, 0.3) is 5.91 Å². The number of amides is 1. The molecule has 2 N–H and O–H groups in total. The summed E-state index contributed by atoms with van der Waals surface area (Å²) in [6.45, 7) is 1.71. The van der Waals surface area contributed by atoms with E-state index in [-0.39, 0.29) is 17.0 Å². The molecule has 2 aromatic rings. The number of carbonyl (C=O) groups excluding carboxylic acids is 1. The number of rotatable bonds is 5. The number of aromatic amines is 1. The fourth-order valence-electron chi connectivity index (χ4n) is 1.83. The number of ether oxygens (including phenoxy) is 1. The lowest BCUT2D eigenvalue weighted by Crippen LogP contribution is -2.27. The average Bonchev–Trinajstić information content (AvgIpc) is 3.00. The predicted molar refractivity (Wildman–Crippen MR) is 71.9 cm³/mol. The summed E-state index contributed by atoms with van der Waals surface area (Å²) < 4.78 is 4.99. The topological polar surface area (TPSA) is 123 Å². The molecule has 1 aromatic carbocycles. The second-order valence-corrected chi connectivity index (χ2v) is 4.18. The van der Waals surface area contributed by atoms with E-state index >= 15 is 0 Å². The number of H-pyrrole nitrogens is 1. The zero-order chi connectivity index (χ0) is 15.4. The Morgan fingerprint density at radius 2 is 2.29 bits per heavy atom. The summed E-state index contributed by atoms with van der Waals surface area (Å²) in [5.41, 5.74) is -0.185. The minimum atomic E-state index is -0.602. The van der Waals surface area contributed by atoms with Crippen molar-refractivity contribution >= 4 is 11.6 Å². The Kier molecular flexibility index (Phi) is 4.12. The lowest BCUT2D eigenvalue weighted by Gasteiger charge is -2.13. The quantitative estimate of drug-likeness (QED) is 0.630. The smallest absolute Gasteiger partial charge is 0.311 e. The molecule has 0 bridgehead atoms. The minimum Gasteiger partial charge on any atom is -0.490 e. The molecule has 0 saturated carbocycles. The number of nitrogens with one attached hydrogen (secondary N) is 2. The van der Waals surface area contributed by atoms with Gasteiger partial charge in [-0.2, -0.15) is 5.10 Å². The van der Waals surface area contributed by atoms with Gasteiger partial charge in [0.1, 0.15) is 12.2 Å². The Morgan fingerprint density at radius 1 is 1.52 bits per heavy atom. The van der Waals surface area contributed by atoms with Gasteiger partial charge in [0.2, 0.25) is 5.75 Å². The van der Waals surface area contributed by atoms with E-state index in [0.29, 0.717) is 5.82 Å². The third kappa shape index (κ3) is 2.96. The van der Waals surface area contributed by atoms with Gasteiger partial charge in [0.15, 0.2) is 0 Å². The lowest BCUT2D eigenvalue weighted by atomic mass is 10.1. The van der Waals surface area contributed by atoms with Crippen molar-refractivity contribution in [2.24, 2.45) is 0 Å². The van der Waals surface area contributed by atoms with Crippen molar-refractivity contribution in [1.29, 1.82) is 0 Å². The molecule has 0 fully saturated rings. The summed E-state index contributed by atoms with van der Waals surface area (Å²) in [6.07, 6.45) is 1.33. The molecule has 0 aliphatic rings. The maximum Gasteiger partial charge on any atom is 0.311 e. The molecule has 1 aromatic heterocycles. The Bertz CT molecular complexity index is 656. The fourth-order valence-corrected chi connectivity index (χ4v) is 1.83. The third-order valence-electron chi connectivity index (χ3n) is 2.83. The normalized spacial score (nSPS) is 11.7. The van der Waals surface area contributed by atoms with Gasteiger partial charge in [-0.3, -0.25) is 20.0 Å². The molecule has 1 atom stereocenters. The van der Waals surface area contributed by atoms with Gasteiger partial charge in [-0.05, 0) is 13.0 Å². The van der Waals surface area contributed by atoms with Crippen molar-refractivity contribution in [3.63, 3.8) is 0 Å². The van der Waals surface area contributed by atoms with Crippen LogP contribution in [0.2, 0.25) is 0 Å². The van der Waals surface area contributed by atoms with Crippen LogP contribution in [0.3, 0.4) is 0 Å². The SMILES string of the molecule is COc1c(C(=O)NC(C)c2ncn[nH]2)cccc1[N+](=O)[O-]. The second kappa shape index (κ2) is 5.99. The molecule has 1 amide bonds. The first-order chi connectivity index (χ1) is 10.0. The number of carbonyl (C=O) groups is 1. The maximum absolute atomic E-state index is 12.2. The zero-order valence-corrected chi connectivity index (χ0v) is 11.4. The molecule has 1 unspecified atom stereocenters. The first-order valence-corrected chi connectivity index (χ1v) is 6.02. The first kappa shape index (κ1) is 14.4. The minimum absolute atomic E-state index is 0.0789. The molecule has 0 aliphatic carbocycles. The van der Waals surface area contributed by atoms with E-state index < -0.39 is 16.9 Å². The maximum atomic E-state index is 12.2. The summed E-state index contributed by atoms with van der Waals surface area (Å²) in [5, 5.41) is 19.9. The summed E-state index contributed by atoms with van der Waals surface area (Å²) in [5.74, 6) is -0.100. The van der Waals surface area contributed by atoms with Crippen LogP contribution in [0.4, 0.5) is 5.69 Å². The standard InChI is InChI=1S/C12H13N5O4/c1-7(11-13-6-14-16-11)15-12(18)8-4-3-5-9(17(19)20)10(8)21-2/h3-7H,1-2H3,(H,15,18)(H,13,14,16). The zero-order valence-electron chi connectivity index (χ0n) is 11.4. The highest BCUT2D eigenvalue weighted by Crippen LogP contribution is 2.30. The van der Waals surface area contributed by atoms with Crippen molar-refractivity contribution in [2.75, 3.05) is 7.11 Å². The highest BCUT2D eigenvalue weighted by Gasteiger charge is 2.23. The first-order valence-electron chi connectivity index (χ1n) is 6.02. The van der Waals surface area contributed by atoms with Crippen LogP contribution in [0.1, 0.15) is 29.1 Å². The predicted octanol–water partition coefficient (Wildman–Crippen LogP) is 1.21. The van der Waals surface area contributed by atoms with Crippen LogP contribution in [0.5, 0.6) is 5.75 Å². The van der Waals surface area contributed by atoms with Crippen molar-refractivity contribution in [3.05, 3.63) is 46.0 Å².